The number of carbonyl (C=O) groups is 1. The van der Waals surface area contributed by atoms with Crippen molar-refractivity contribution in [1.29, 1.82) is 0 Å². The number of carbonyl (C=O) groups excluding carboxylic acids is 1. The summed E-state index contributed by atoms with van der Waals surface area (Å²) in [6.07, 6.45) is 6.07. The van der Waals surface area contributed by atoms with E-state index in [9.17, 15) is 4.79 Å². The molecule has 13 nitrogen and oxygen atoms in total. The summed E-state index contributed by atoms with van der Waals surface area (Å²) < 4.78 is 64.8. The molecule has 0 spiro atoms. The van der Waals surface area contributed by atoms with Crippen molar-refractivity contribution in [1.82, 2.24) is 0 Å². The van der Waals surface area contributed by atoms with E-state index in [1.54, 1.807) is 0 Å². The van der Waals surface area contributed by atoms with Crippen LogP contribution in [-0.4, -0.2) is 164 Å². The first-order valence-corrected chi connectivity index (χ1v) is 17.4. The van der Waals surface area contributed by atoms with Crippen molar-refractivity contribution < 1.29 is 61.6 Å². The van der Waals surface area contributed by atoms with E-state index in [1.165, 1.54) is 19.3 Å². The average molecular weight is 691 g/mol. The molecule has 276 valence electrons. The Balaban J connectivity index is 3.08. The minimum absolute atomic E-state index is 0.148. The highest BCUT2D eigenvalue weighted by atomic mass is 35.5. The quantitative estimate of drug-likeness (QED) is 0.0529. The number of ether oxygens (including phenoxy) is 12. The fraction of sp³-hybridized carbons (Fsp3) is 0.969. The summed E-state index contributed by atoms with van der Waals surface area (Å²) in [5.74, 6) is 0.347. The Morgan fingerprint density at radius 3 is 0.913 bits per heavy atom. The summed E-state index contributed by atoms with van der Waals surface area (Å²) in [4.78, 5) is 11.6. The summed E-state index contributed by atoms with van der Waals surface area (Å²) >= 11 is 5.51. The minimum Gasteiger partial charge on any atom is -0.463 e. The second-order valence-corrected chi connectivity index (χ2v) is 10.2. The maximum absolute atomic E-state index is 11.6. The third kappa shape index (κ3) is 41.3. The van der Waals surface area contributed by atoms with E-state index in [0.717, 1.165) is 12.8 Å². The zero-order valence-corrected chi connectivity index (χ0v) is 29.2. The van der Waals surface area contributed by atoms with E-state index in [-0.39, 0.29) is 12.6 Å². The lowest BCUT2D eigenvalue weighted by atomic mass is 10.1. The van der Waals surface area contributed by atoms with Gasteiger partial charge in [0.25, 0.3) is 0 Å². The topological polar surface area (TPSA) is 128 Å². The summed E-state index contributed by atoms with van der Waals surface area (Å²) in [6, 6.07) is 0. The number of alkyl halides is 1. The van der Waals surface area contributed by atoms with Gasteiger partial charge in [-0.1, -0.05) is 32.6 Å². The van der Waals surface area contributed by atoms with Gasteiger partial charge in [0.05, 0.1) is 145 Å². The molecule has 0 aliphatic rings. The Kier molecular flexibility index (Phi) is 41.7. The van der Waals surface area contributed by atoms with E-state index in [2.05, 4.69) is 6.92 Å². The number of hydrogen-bond acceptors (Lipinski definition) is 13. The lowest BCUT2D eigenvalue weighted by Gasteiger charge is -2.09. The summed E-state index contributed by atoms with van der Waals surface area (Å²) in [7, 11) is 0. The molecule has 0 rings (SSSR count). The van der Waals surface area contributed by atoms with Crippen LogP contribution in [0.3, 0.4) is 0 Å². The molecule has 0 amide bonds. The predicted molar refractivity (Wildman–Crippen MR) is 174 cm³/mol. The maximum Gasteiger partial charge on any atom is 0.305 e. The van der Waals surface area contributed by atoms with Crippen LogP contribution >= 0.6 is 11.6 Å². The molecule has 0 aliphatic carbocycles. The van der Waals surface area contributed by atoms with Crippen LogP contribution < -0.4 is 0 Å². The van der Waals surface area contributed by atoms with Crippen LogP contribution in [0.5, 0.6) is 0 Å². The second kappa shape index (κ2) is 42.3. The van der Waals surface area contributed by atoms with Gasteiger partial charge in [0, 0.05) is 12.3 Å². The monoisotopic (exact) mass is 690 g/mol. The highest BCUT2D eigenvalue weighted by Crippen LogP contribution is 2.05. The zero-order chi connectivity index (χ0) is 33.3. The molecule has 0 radical (unpaired) electrons. The van der Waals surface area contributed by atoms with Crippen molar-refractivity contribution in [2.24, 2.45) is 0 Å². The second-order valence-electron chi connectivity index (χ2n) is 9.81. The summed E-state index contributed by atoms with van der Waals surface area (Å²) in [6.45, 7) is 13.5. The van der Waals surface area contributed by atoms with Crippen molar-refractivity contribution in [3.8, 4) is 0 Å². The molecule has 0 saturated carbocycles. The van der Waals surface area contributed by atoms with Crippen LogP contribution in [0.1, 0.15) is 45.4 Å². The first-order valence-electron chi connectivity index (χ1n) is 16.9. The lowest BCUT2D eigenvalue weighted by molar-refractivity contribution is -0.145. The molecule has 0 atom stereocenters. The van der Waals surface area contributed by atoms with E-state index in [0.29, 0.717) is 158 Å². The molecule has 0 fully saturated rings. The van der Waals surface area contributed by atoms with Crippen molar-refractivity contribution >= 4 is 17.6 Å². The molecular weight excluding hydrogens is 628 g/mol. The fourth-order valence-electron chi connectivity index (χ4n) is 3.52. The standard InChI is InChI=1S/C32H63ClO13/c1-2-3-4-5-6-7-32(34)46-31-30-45-29-28-44-27-26-43-25-24-42-23-22-41-21-20-40-19-18-39-17-16-38-15-14-37-13-12-36-11-10-35-9-8-33/h2-31H2,1H3. The van der Waals surface area contributed by atoms with Gasteiger partial charge in [-0.05, 0) is 6.42 Å². The Morgan fingerprint density at radius 1 is 0.370 bits per heavy atom. The van der Waals surface area contributed by atoms with Crippen LogP contribution in [0, 0.1) is 0 Å². The van der Waals surface area contributed by atoms with Crippen LogP contribution in [0.2, 0.25) is 0 Å². The third-order valence-electron chi connectivity index (χ3n) is 5.92. The molecule has 0 unspecified atom stereocenters. The maximum atomic E-state index is 11.6. The number of rotatable bonds is 41. The SMILES string of the molecule is CCCCCCCC(=O)OCCOCCOCCOCCOCCOCCOCCOCCOCCOCCOCCOCCCl. The smallest absolute Gasteiger partial charge is 0.305 e. The normalized spacial score (nSPS) is 11.4. The van der Waals surface area contributed by atoms with Crippen molar-refractivity contribution in [2.75, 3.05) is 158 Å². The van der Waals surface area contributed by atoms with Gasteiger partial charge in [0.15, 0.2) is 0 Å². The van der Waals surface area contributed by atoms with Crippen LogP contribution in [0.25, 0.3) is 0 Å². The Hall–Kier alpha value is -0.680. The number of unbranched alkanes of at least 4 members (excludes halogenated alkanes) is 4. The van der Waals surface area contributed by atoms with Gasteiger partial charge in [-0.25, -0.2) is 0 Å². The van der Waals surface area contributed by atoms with Gasteiger partial charge in [-0.15, -0.1) is 11.6 Å². The first kappa shape index (κ1) is 45.3. The van der Waals surface area contributed by atoms with Crippen molar-refractivity contribution in [3.05, 3.63) is 0 Å². The zero-order valence-electron chi connectivity index (χ0n) is 28.4. The number of hydrogen-bond donors (Lipinski definition) is 0. The van der Waals surface area contributed by atoms with Gasteiger partial charge < -0.3 is 56.8 Å². The number of esters is 1. The fourth-order valence-corrected chi connectivity index (χ4v) is 3.62. The Labute approximate surface area is 282 Å². The first-order chi connectivity index (χ1) is 22.8. The van der Waals surface area contributed by atoms with Gasteiger partial charge in [-0.3, -0.25) is 4.79 Å². The average Bonchev–Trinajstić information content (AvgIpc) is 3.06. The third-order valence-corrected chi connectivity index (χ3v) is 6.07. The molecule has 0 aliphatic heterocycles. The highest BCUT2D eigenvalue weighted by Gasteiger charge is 2.02. The van der Waals surface area contributed by atoms with E-state index in [4.69, 9.17) is 68.4 Å². The van der Waals surface area contributed by atoms with Gasteiger partial charge in [-0.2, -0.15) is 0 Å². The highest BCUT2D eigenvalue weighted by molar-refractivity contribution is 6.17. The largest absolute Gasteiger partial charge is 0.463 e. The van der Waals surface area contributed by atoms with Crippen LogP contribution in [0.4, 0.5) is 0 Å². The molecule has 0 bridgehead atoms. The summed E-state index contributed by atoms with van der Waals surface area (Å²) in [5.41, 5.74) is 0. The van der Waals surface area contributed by atoms with Crippen LogP contribution in [-0.2, 0) is 61.6 Å². The molecule has 0 saturated heterocycles. The Morgan fingerprint density at radius 2 is 0.630 bits per heavy atom. The minimum atomic E-state index is -0.148. The van der Waals surface area contributed by atoms with E-state index in [1.807, 2.05) is 0 Å². The molecule has 0 heterocycles. The molecule has 0 N–H and O–H groups in total. The Bertz CT molecular complexity index is 578. The molecule has 0 aromatic heterocycles. The predicted octanol–water partition coefficient (Wildman–Crippen LogP) is 3.31. The number of halogens is 1. The molecule has 14 heteroatoms. The van der Waals surface area contributed by atoms with Crippen LogP contribution in [0.15, 0.2) is 0 Å². The van der Waals surface area contributed by atoms with Crippen molar-refractivity contribution in [2.45, 2.75) is 45.4 Å². The van der Waals surface area contributed by atoms with Gasteiger partial charge in [0.1, 0.15) is 6.61 Å². The molecule has 0 aromatic carbocycles. The van der Waals surface area contributed by atoms with E-state index >= 15 is 0 Å². The molecular formula is C32H63ClO13. The van der Waals surface area contributed by atoms with E-state index < -0.39 is 0 Å². The molecule has 0 aromatic rings. The van der Waals surface area contributed by atoms with Gasteiger partial charge in [0.2, 0.25) is 0 Å². The lowest BCUT2D eigenvalue weighted by Crippen LogP contribution is -2.15. The molecule has 46 heavy (non-hydrogen) atoms. The van der Waals surface area contributed by atoms with Gasteiger partial charge >= 0.3 is 5.97 Å². The summed E-state index contributed by atoms with van der Waals surface area (Å²) in [5, 5.41) is 0. The van der Waals surface area contributed by atoms with Crippen molar-refractivity contribution in [3.63, 3.8) is 0 Å².